The molecule has 210 valence electrons. The summed E-state index contributed by atoms with van der Waals surface area (Å²) in [7, 11) is -3.31. The van der Waals surface area contributed by atoms with Crippen molar-refractivity contribution in [2.45, 2.75) is 44.6 Å². The van der Waals surface area contributed by atoms with Crippen LogP contribution in [-0.4, -0.2) is 68.4 Å². The summed E-state index contributed by atoms with van der Waals surface area (Å²) in [6, 6.07) is 10.1. The molecule has 0 bridgehead atoms. The lowest BCUT2D eigenvalue weighted by molar-refractivity contribution is -0.274. The molecule has 0 aliphatic carbocycles. The highest BCUT2D eigenvalue weighted by Crippen LogP contribution is 2.34. The van der Waals surface area contributed by atoms with Crippen LogP contribution in [0.5, 0.6) is 5.75 Å². The van der Waals surface area contributed by atoms with Crippen LogP contribution in [0.15, 0.2) is 42.5 Å². The van der Waals surface area contributed by atoms with Gasteiger partial charge in [-0.1, -0.05) is 41.4 Å². The fraction of sp³-hybridized carbons (Fsp3) is 0.480. The number of carbonyl (C=O) groups is 1. The van der Waals surface area contributed by atoms with Crippen molar-refractivity contribution in [2.24, 2.45) is 0 Å². The van der Waals surface area contributed by atoms with Gasteiger partial charge < -0.3 is 15.0 Å². The molecule has 2 unspecified atom stereocenters. The zero-order chi connectivity index (χ0) is 28.3. The van der Waals surface area contributed by atoms with Crippen LogP contribution in [0, 0.1) is 0 Å². The van der Waals surface area contributed by atoms with Crippen LogP contribution in [-0.2, 0) is 26.8 Å². The van der Waals surface area contributed by atoms with Crippen molar-refractivity contribution in [2.75, 3.05) is 32.4 Å². The molecule has 2 atom stereocenters. The van der Waals surface area contributed by atoms with E-state index in [1.165, 1.54) is 28.8 Å². The molecule has 0 saturated carbocycles. The summed E-state index contributed by atoms with van der Waals surface area (Å²) < 4.78 is 67.2. The predicted molar refractivity (Wildman–Crippen MR) is 141 cm³/mol. The van der Waals surface area contributed by atoms with Crippen LogP contribution in [0.2, 0.25) is 10.0 Å². The number of hydrogen-bond acceptors (Lipinski definition) is 5. The number of amides is 1. The molecule has 1 aliphatic rings. The molecule has 38 heavy (non-hydrogen) atoms. The molecule has 1 aliphatic heterocycles. The van der Waals surface area contributed by atoms with Crippen LogP contribution < -0.4 is 10.1 Å². The summed E-state index contributed by atoms with van der Waals surface area (Å²) in [4.78, 5) is 15.7. The third-order valence-electron chi connectivity index (χ3n) is 6.65. The van der Waals surface area contributed by atoms with E-state index in [0.29, 0.717) is 48.7 Å². The fourth-order valence-electron chi connectivity index (χ4n) is 4.55. The first-order valence-corrected chi connectivity index (χ1v) is 14.5. The summed E-state index contributed by atoms with van der Waals surface area (Å²) >= 11 is 12.3. The zero-order valence-electron chi connectivity index (χ0n) is 21.2. The average molecular weight is 596 g/mol. The first-order valence-electron chi connectivity index (χ1n) is 11.9. The summed E-state index contributed by atoms with van der Waals surface area (Å²) in [5, 5.41) is 3.45. The van der Waals surface area contributed by atoms with E-state index in [1.807, 2.05) is 6.92 Å². The van der Waals surface area contributed by atoms with Gasteiger partial charge in [-0.3, -0.25) is 4.79 Å². The van der Waals surface area contributed by atoms with E-state index in [1.54, 1.807) is 31.2 Å². The van der Waals surface area contributed by atoms with Crippen molar-refractivity contribution in [1.82, 2.24) is 14.5 Å². The van der Waals surface area contributed by atoms with Crippen LogP contribution in [0.3, 0.4) is 0 Å². The predicted octanol–water partition coefficient (Wildman–Crippen LogP) is 4.82. The van der Waals surface area contributed by atoms with E-state index in [9.17, 15) is 26.4 Å². The number of piperazine rings is 1. The van der Waals surface area contributed by atoms with Gasteiger partial charge in [0.25, 0.3) is 0 Å². The standard InChI is InChI=1S/C25H30Cl2F3N3O4S/c1-17-16-32(11-12-33(17)38(3,35)36)10-9-24(2,19-7-8-21(26)22(27)14-19)23(34)31-15-18-5-4-6-20(13-18)37-25(28,29)30/h4-8,13-14,17H,9-12,15-16H2,1-3H3,(H,31,34). The number of ether oxygens (including phenoxy) is 1. The smallest absolute Gasteiger partial charge is 0.406 e. The Balaban J connectivity index is 1.76. The number of rotatable bonds is 9. The minimum absolute atomic E-state index is 0.0190. The molecule has 2 aromatic carbocycles. The van der Waals surface area contributed by atoms with Gasteiger partial charge in [0.15, 0.2) is 0 Å². The van der Waals surface area contributed by atoms with E-state index in [-0.39, 0.29) is 29.3 Å². The summed E-state index contributed by atoms with van der Waals surface area (Å²) in [5.74, 6) is -0.722. The van der Waals surface area contributed by atoms with Crippen molar-refractivity contribution in [3.05, 3.63) is 63.6 Å². The Morgan fingerprint density at radius 1 is 1.13 bits per heavy atom. The van der Waals surface area contributed by atoms with Crippen LogP contribution >= 0.6 is 23.2 Å². The van der Waals surface area contributed by atoms with Crippen molar-refractivity contribution < 1.29 is 31.1 Å². The van der Waals surface area contributed by atoms with Gasteiger partial charge in [0.2, 0.25) is 15.9 Å². The minimum atomic E-state index is -4.82. The largest absolute Gasteiger partial charge is 0.573 e. The van der Waals surface area contributed by atoms with Gasteiger partial charge in [0.05, 0.1) is 21.7 Å². The first kappa shape index (κ1) is 30.5. The van der Waals surface area contributed by atoms with E-state index in [4.69, 9.17) is 23.2 Å². The Bertz CT molecular complexity index is 1260. The summed E-state index contributed by atoms with van der Waals surface area (Å²) in [5.41, 5.74) is -0.00501. The van der Waals surface area contributed by atoms with Crippen molar-refractivity contribution >= 4 is 39.1 Å². The number of hydrogen-bond donors (Lipinski definition) is 1. The highest BCUT2D eigenvalue weighted by molar-refractivity contribution is 7.88. The topological polar surface area (TPSA) is 79.0 Å². The van der Waals surface area contributed by atoms with Gasteiger partial charge in [0.1, 0.15) is 5.75 Å². The van der Waals surface area contributed by atoms with Gasteiger partial charge in [0, 0.05) is 32.2 Å². The molecule has 7 nitrogen and oxygen atoms in total. The molecule has 0 radical (unpaired) electrons. The number of sulfonamides is 1. The molecule has 1 amide bonds. The van der Waals surface area contributed by atoms with Crippen LogP contribution in [0.1, 0.15) is 31.4 Å². The Morgan fingerprint density at radius 2 is 1.84 bits per heavy atom. The lowest BCUT2D eigenvalue weighted by Gasteiger charge is -2.40. The monoisotopic (exact) mass is 595 g/mol. The molecule has 3 rings (SSSR count). The molecule has 1 saturated heterocycles. The van der Waals surface area contributed by atoms with Gasteiger partial charge in [-0.15, -0.1) is 13.2 Å². The summed E-state index contributed by atoms with van der Waals surface area (Å²) in [6.07, 6.45) is -3.26. The number of carbonyl (C=O) groups excluding carboxylic acids is 1. The van der Waals surface area contributed by atoms with E-state index in [0.717, 1.165) is 0 Å². The second kappa shape index (κ2) is 12.0. The molecule has 1 N–H and O–H groups in total. The number of nitrogens with one attached hydrogen (secondary N) is 1. The Kier molecular flexibility index (Phi) is 9.63. The van der Waals surface area contributed by atoms with Crippen LogP contribution in [0.4, 0.5) is 13.2 Å². The van der Waals surface area contributed by atoms with E-state index < -0.39 is 21.8 Å². The lowest BCUT2D eigenvalue weighted by Crippen LogP contribution is -2.54. The first-order chi connectivity index (χ1) is 17.6. The van der Waals surface area contributed by atoms with Gasteiger partial charge in [-0.05, 0) is 62.2 Å². The molecule has 2 aromatic rings. The molecular weight excluding hydrogens is 566 g/mol. The van der Waals surface area contributed by atoms with Crippen molar-refractivity contribution in [3.63, 3.8) is 0 Å². The molecule has 0 spiro atoms. The highest BCUT2D eigenvalue weighted by Gasteiger charge is 2.37. The van der Waals surface area contributed by atoms with E-state index in [2.05, 4.69) is 15.0 Å². The molecular formula is C25H30Cl2F3N3O4S. The Morgan fingerprint density at radius 3 is 2.45 bits per heavy atom. The maximum Gasteiger partial charge on any atom is 0.573 e. The van der Waals surface area contributed by atoms with E-state index >= 15 is 0 Å². The fourth-order valence-corrected chi connectivity index (χ4v) is 5.98. The molecule has 13 heteroatoms. The SMILES string of the molecule is CC1CN(CCC(C)(C(=O)NCc2cccc(OC(F)(F)F)c2)c2ccc(Cl)c(Cl)c2)CCN1S(C)(=O)=O. The third-order valence-corrected chi connectivity index (χ3v) is 8.78. The number of nitrogens with zero attached hydrogens (tertiary/aromatic N) is 2. The minimum Gasteiger partial charge on any atom is -0.406 e. The normalized spacial score (nSPS) is 19.1. The van der Waals surface area contributed by atoms with Gasteiger partial charge >= 0.3 is 6.36 Å². The second-order valence-corrected chi connectivity index (χ2v) is 12.4. The van der Waals surface area contributed by atoms with Crippen LogP contribution in [0.25, 0.3) is 0 Å². The lowest BCUT2D eigenvalue weighted by atomic mass is 9.78. The van der Waals surface area contributed by atoms with Gasteiger partial charge in [-0.2, -0.15) is 4.31 Å². The summed E-state index contributed by atoms with van der Waals surface area (Å²) in [6.45, 7) is 5.47. The number of benzene rings is 2. The maximum atomic E-state index is 13.6. The quantitative estimate of drug-likeness (QED) is 0.449. The number of halogens is 5. The number of alkyl halides is 3. The Hall–Kier alpha value is -2.05. The molecule has 1 heterocycles. The third kappa shape index (κ3) is 7.98. The Labute approximate surface area is 230 Å². The molecule has 1 fully saturated rings. The maximum absolute atomic E-state index is 13.6. The second-order valence-electron chi connectivity index (χ2n) is 9.61. The van der Waals surface area contributed by atoms with Crippen molar-refractivity contribution in [3.8, 4) is 5.75 Å². The highest BCUT2D eigenvalue weighted by atomic mass is 35.5. The average Bonchev–Trinajstić information content (AvgIpc) is 2.81. The molecule has 0 aromatic heterocycles. The van der Waals surface area contributed by atoms with Crippen molar-refractivity contribution in [1.29, 1.82) is 0 Å². The van der Waals surface area contributed by atoms with Gasteiger partial charge in [-0.25, -0.2) is 8.42 Å². The zero-order valence-corrected chi connectivity index (χ0v) is 23.5.